The molecule has 1 aliphatic rings. The number of aryl methyl sites for hydroxylation is 1. The van der Waals surface area contributed by atoms with Crippen LogP contribution in [0.4, 0.5) is 0 Å². The molecular weight excluding hydrogens is 246 g/mol. The topological polar surface area (TPSA) is 39.2 Å². The fourth-order valence-electron chi connectivity index (χ4n) is 1.96. The molecule has 2 rings (SSSR count). The van der Waals surface area contributed by atoms with Gasteiger partial charge < -0.3 is 4.74 Å². The lowest BCUT2D eigenvalue weighted by Crippen LogP contribution is -2.13. The van der Waals surface area contributed by atoms with Crippen LogP contribution in [-0.2, 0) is 16.0 Å². The maximum absolute atomic E-state index is 11.3. The SMILES string of the molecule is COC(=O)CC1(CSCCc2ccncc2)CC1. The molecule has 1 heterocycles. The first-order chi connectivity index (χ1) is 8.74. The van der Waals surface area contributed by atoms with E-state index in [9.17, 15) is 4.79 Å². The van der Waals surface area contributed by atoms with Gasteiger partial charge in [0.1, 0.15) is 0 Å². The van der Waals surface area contributed by atoms with Crippen LogP contribution in [0.15, 0.2) is 24.5 Å². The lowest BCUT2D eigenvalue weighted by atomic mass is 10.1. The van der Waals surface area contributed by atoms with Gasteiger partial charge in [-0.15, -0.1) is 0 Å². The molecule has 0 N–H and O–H groups in total. The predicted octanol–water partition coefficient (Wildman–Crippen LogP) is 2.70. The van der Waals surface area contributed by atoms with Gasteiger partial charge in [0.25, 0.3) is 0 Å². The van der Waals surface area contributed by atoms with Gasteiger partial charge in [0, 0.05) is 12.4 Å². The molecule has 1 fully saturated rings. The number of carbonyl (C=O) groups is 1. The number of hydrogen-bond acceptors (Lipinski definition) is 4. The second-order valence-electron chi connectivity index (χ2n) is 4.91. The minimum Gasteiger partial charge on any atom is -0.469 e. The zero-order valence-electron chi connectivity index (χ0n) is 10.7. The van der Waals surface area contributed by atoms with E-state index in [-0.39, 0.29) is 11.4 Å². The van der Waals surface area contributed by atoms with Crippen molar-refractivity contribution < 1.29 is 9.53 Å². The molecule has 0 radical (unpaired) electrons. The molecule has 4 heteroatoms. The van der Waals surface area contributed by atoms with E-state index in [1.165, 1.54) is 25.5 Å². The van der Waals surface area contributed by atoms with E-state index in [2.05, 4.69) is 17.1 Å². The summed E-state index contributed by atoms with van der Waals surface area (Å²) in [6.07, 6.45) is 7.67. The van der Waals surface area contributed by atoms with Crippen molar-refractivity contribution >= 4 is 17.7 Å². The van der Waals surface area contributed by atoms with Crippen molar-refractivity contribution in [3.8, 4) is 0 Å². The molecule has 3 nitrogen and oxygen atoms in total. The number of pyridine rings is 1. The Labute approximate surface area is 112 Å². The van der Waals surface area contributed by atoms with Crippen LogP contribution in [0, 0.1) is 5.41 Å². The van der Waals surface area contributed by atoms with Gasteiger partial charge in [-0.05, 0) is 53.9 Å². The zero-order chi connectivity index (χ0) is 12.8. The molecule has 1 saturated carbocycles. The summed E-state index contributed by atoms with van der Waals surface area (Å²) in [7, 11) is 1.47. The standard InChI is InChI=1S/C14H19NO2S/c1-17-13(16)10-14(5-6-14)11-18-9-4-12-2-7-15-8-3-12/h2-3,7-8H,4-6,9-11H2,1H3. The van der Waals surface area contributed by atoms with Crippen molar-refractivity contribution in [3.63, 3.8) is 0 Å². The highest BCUT2D eigenvalue weighted by atomic mass is 32.2. The van der Waals surface area contributed by atoms with Crippen LogP contribution in [-0.4, -0.2) is 29.6 Å². The highest BCUT2D eigenvalue weighted by Crippen LogP contribution is 2.51. The second-order valence-corrected chi connectivity index (χ2v) is 6.02. The van der Waals surface area contributed by atoms with Crippen LogP contribution >= 0.6 is 11.8 Å². The average molecular weight is 265 g/mol. The summed E-state index contributed by atoms with van der Waals surface area (Å²) in [6.45, 7) is 0. The number of rotatable bonds is 7. The van der Waals surface area contributed by atoms with E-state index in [4.69, 9.17) is 4.74 Å². The third-order valence-corrected chi connectivity index (χ3v) is 4.71. The first-order valence-corrected chi connectivity index (χ1v) is 7.43. The Balaban J connectivity index is 1.65. The summed E-state index contributed by atoms with van der Waals surface area (Å²) >= 11 is 1.94. The lowest BCUT2D eigenvalue weighted by molar-refractivity contribution is -0.141. The van der Waals surface area contributed by atoms with E-state index >= 15 is 0 Å². The molecule has 0 amide bonds. The van der Waals surface area contributed by atoms with Crippen molar-refractivity contribution in [2.45, 2.75) is 25.7 Å². The van der Waals surface area contributed by atoms with Gasteiger partial charge >= 0.3 is 5.97 Å². The van der Waals surface area contributed by atoms with Crippen molar-refractivity contribution in [1.82, 2.24) is 4.98 Å². The molecular formula is C14H19NO2S. The molecule has 98 valence electrons. The second kappa shape index (κ2) is 6.23. The molecule has 1 aromatic rings. The minimum atomic E-state index is -0.0674. The smallest absolute Gasteiger partial charge is 0.306 e. The Kier molecular flexibility index (Phi) is 4.64. The number of ether oxygens (including phenoxy) is 1. The van der Waals surface area contributed by atoms with Gasteiger partial charge in [-0.25, -0.2) is 0 Å². The molecule has 0 atom stereocenters. The highest BCUT2D eigenvalue weighted by molar-refractivity contribution is 7.99. The molecule has 0 unspecified atom stereocenters. The normalized spacial score (nSPS) is 16.3. The Morgan fingerprint density at radius 1 is 1.44 bits per heavy atom. The molecule has 0 saturated heterocycles. The fourth-order valence-corrected chi connectivity index (χ4v) is 3.30. The number of esters is 1. The van der Waals surface area contributed by atoms with Gasteiger partial charge in [-0.2, -0.15) is 11.8 Å². The number of aromatic nitrogens is 1. The Bertz CT molecular complexity index is 390. The first kappa shape index (κ1) is 13.4. The van der Waals surface area contributed by atoms with Gasteiger partial charge in [-0.1, -0.05) is 0 Å². The van der Waals surface area contributed by atoms with Crippen molar-refractivity contribution in [1.29, 1.82) is 0 Å². The molecule has 18 heavy (non-hydrogen) atoms. The first-order valence-electron chi connectivity index (χ1n) is 6.28. The largest absolute Gasteiger partial charge is 0.469 e. The Morgan fingerprint density at radius 3 is 2.78 bits per heavy atom. The van der Waals surface area contributed by atoms with E-state index in [1.807, 2.05) is 24.2 Å². The van der Waals surface area contributed by atoms with Crippen LogP contribution in [0.25, 0.3) is 0 Å². The summed E-state index contributed by atoms with van der Waals surface area (Å²) in [5, 5.41) is 0. The number of hydrogen-bond donors (Lipinski definition) is 0. The van der Waals surface area contributed by atoms with Gasteiger partial charge in [-0.3, -0.25) is 9.78 Å². The molecule has 1 aromatic heterocycles. The van der Waals surface area contributed by atoms with Crippen LogP contribution < -0.4 is 0 Å². The Morgan fingerprint density at radius 2 is 2.17 bits per heavy atom. The third-order valence-electron chi connectivity index (χ3n) is 3.40. The van der Waals surface area contributed by atoms with Crippen molar-refractivity contribution in [2.24, 2.45) is 5.41 Å². The quantitative estimate of drug-likeness (QED) is 0.561. The summed E-state index contributed by atoms with van der Waals surface area (Å²) in [4.78, 5) is 15.3. The van der Waals surface area contributed by atoms with Crippen LogP contribution in [0.5, 0.6) is 0 Å². The molecule has 0 aromatic carbocycles. The summed E-state index contributed by atoms with van der Waals surface area (Å²) < 4.78 is 4.75. The monoisotopic (exact) mass is 265 g/mol. The maximum Gasteiger partial charge on any atom is 0.306 e. The molecule has 0 bridgehead atoms. The van der Waals surface area contributed by atoms with E-state index in [0.717, 1.165) is 17.9 Å². The predicted molar refractivity (Wildman–Crippen MR) is 73.6 cm³/mol. The maximum atomic E-state index is 11.3. The van der Waals surface area contributed by atoms with Crippen molar-refractivity contribution in [3.05, 3.63) is 30.1 Å². The number of nitrogens with zero attached hydrogens (tertiary/aromatic N) is 1. The minimum absolute atomic E-state index is 0.0674. The summed E-state index contributed by atoms with van der Waals surface area (Å²) in [6, 6.07) is 4.11. The third kappa shape index (κ3) is 4.02. The van der Waals surface area contributed by atoms with Crippen molar-refractivity contribution in [2.75, 3.05) is 18.6 Å². The summed E-state index contributed by atoms with van der Waals surface area (Å²) in [5.41, 5.74) is 1.58. The number of methoxy groups -OCH3 is 1. The molecule has 1 aliphatic carbocycles. The van der Waals surface area contributed by atoms with E-state index in [1.54, 1.807) is 0 Å². The lowest BCUT2D eigenvalue weighted by Gasteiger charge is -2.12. The van der Waals surface area contributed by atoms with Crippen LogP contribution in [0.1, 0.15) is 24.8 Å². The number of carbonyl (C=O) groups excluding carboxylic acids is 1. The molecule has 0 aliphatic heterocycles. The summed E-state index contributed by atoms with van der Waals surface area (Å²) in [5.74, 6) is 2.11. The number of thioether (sulfide) groups is 1. The highest BCUT2D eigenvalue weighted by Gasteiger charge is 2.44. The molecule has 0 spiro atoms. The average Bonchev–Trinajstić information content (AvgIpc) is 3.16. The van der Waals surface area contributed by atoms with E-state index in [0.29, 0.717) is 6.42 Å². The zero-order valence-corrected chi connectivity index (χ0v) is 11.5. The van der Waals surface area contributed by atoms with Gasteiger partial charge in [0.15, 0.2) is 0 Å². The van der Waals surface area contributed by atoms with E-state index < -0.39 is 0 Å². The van der Waals surface area contributed by atoms with Crippen LogP contribution in [0.2, 0.25) is 0 Å². The Hall–Kier alpha value is -1.03. The van der Waals surface area contributed by atoms with Crippen LogP contribution in [0.3, 0.4) is 0 Å². The van der Waals surface area contributed by atoms with Gasteiger partial charge in [0.05, 0.1) is 13.5 Å². The fraction of sp³-hybridized carbons (Fsp3) is 0.571. The van der Waals surface area contributed by atoms with Gasteiger partial charge in [0.2, 0.25) is 0 Å².